The van der Waals surface area contributed by atoms with Gasteiger partial charge in [-0.25, -0.2) is 4.98 Å². The molecule has 0 fully saturated rings. The van der Waals surface area contributed by atoms with Crippen LogP contribution in [0.15, 0.2) is 12.1 Å². The van der Waals surface area contributed by atoms with Crippen LogP contribution in [0.2, 0.25) is 24.8 Å². The molecular weight excluding hydrogens is 212 g/mol. The standard InChI is InChI=1S/C10H17ClN2Si/c1-13(2)9-7-6-8(10(11)12-9)14(3,4)5/h6-7H,1-5H3. The molecule has 0 spiro atoms. The van der Waals surface area contributed by atoms with Crippen molar-refractivity contribution >= 4 is 30.7 Å². The van der Waals surface area contributed by atoms with Gasteiger partial charge in [0.1, 0.15) is 11.0 Å². The predicted molar refractivity (Wildman–Crippen MR) is 66.6 cm³/mol. The normalized spacial score (nSPS) is 11.6. The van der Waals surface area contributed by atoms with E-state index in [9.17, 15) is 0 Å². The first kappa shape index (κ1) is 11.5. The third-order valence-electron chi connectivity index (χ3n) is 2.10. The molecule has 0 aliphatic rings. The average molecular weight is 229 g/mol. The number of rotatable bonds is 2. The van der Waals surface area contributed by atoms with Gasteiger partial charge in [0, 0.05) is 14.1 Å². The highest BCUT2D eigenvalue weighted by molar-refractivity contribution is 6.90. The second-order valence-corrected chi connectivity index (χ2v) is 10.0. The zero-order valence-corrected chi connectivity index (χ0v) is 11.2. The van der Waals surface area contributed by atoms with Crippen LogP contribution in [0.25, 0.3) is 0 Å². The van der Waals surface area contributed by atoms with Crippen LogP contribution in [-0.2, 0) is 0 Å². The van der Waals surface area contributed by atoms with E-state index in [2.05, 4.69) is 30.7 Å². The lowest BCUT2D eigenvalue weighted by Gasteiger charge is -2.19. The summed E-state index contributed by atoms with van der Waals surface area (Å²) >= 11 is 6.16. The van der Waals surface area contributed by atoms with Gasteiger partial charge in [-0.1, -0.05) is 37.3 Å². The first-order valence-electron chi connectivity index (χ1n) is 4.66. The molecule has 1 heterocycles. The fourth-order valence-electron chi connectivity index (χ4n) is 1.23. The summed E-state index contributed by atoms with van der Waals surface area (Å²) in [6, 6.07) is 4.14. The Morgan fingerprint density at radius 3 is 2.14 bits per heavy atom. The highest BCUT2D eigenvalue weighted by Gasteiger charge is 2.20. The van der Waals surface area contributed by atoms with E-state index in [1.54, 1.807) is 0 Å². The minimum atomic E-state index is -1.35. The fraction of sp³-hybridized carbons (Fsp3) is 0.500. The third-order valence-corrected chi connectivity index (χ3v) is 4.57. The molecule has 0 amide bonds. The number of nitrogens with zero attached hydrogens (tertiary/aromatic N) is 2. The van der Waals surface area contributed by atoms with Crippen molar-refractivity contribution in [3.05, 3.63) is 17.3 Å². The highest BCUT2D eigenvalue weighted by Crippen LogP contribution is 2.14. The number of hydrogen-bond acceptors (Lipinski definition) is 2. The first-order valence-corrected chi connectivity index (χ1v) is 8.54. The topological polar surface area (TPSA) is 16.1 Å². The Morgan fingerprint density at radius 2 is 1.79 bits per heavy atom. The first-order chi connectivity index (χ1) is 6.32. The van der Waals surface area contributed by atoms with Crippen LogP contribution in [-0.4, -0.2) is 27.2 Å². The summed E-state index contributed by atoms with van der Waals surface area (Å²) < 4.78 is 0. The predicted octanol–water partition coefficient (Wildman–Crippen LogP) is 2.35. The van der Waals surface area contributed by atoms with E-state index in [0.717, 1.165) is 5.82 Å². The van der Waals surface area contributed by atoms with Gasteiger partial charge < -0.3 is 4.90 Å². The summed E-state index contributed by atoms with van der Waals surface area (Å²) in [6.45, 7) is 6.81. The maximum Gasteiger partial charge on any atom is 0.130 e. The summed E-state index contributed by atoms with van der Waals surface area (Å²) in [6.07, 6.45) is 0. The molecule has 2 nitrogen and oxygen atoms in total. The zero-order chi connectivity index (χ0) is 10.9. The second kappa shape index (κ2) is 3.91. The van der Waals surface area contributed by atoms with E-state index >= 15 is 0 Å². The minimum Gasteiger partial charge on any atom is -0.363 e. The van der Waals surface area contributed by atoms with Gasteiger partial charge in [-0.2, -0.15) is 0 Å². The Hall–Kier alpha value is -0.543. The number of anilines is 1. The van der Waals surface area contributed by atoms with Crippen molar-refractivity contribution in [3.8, 4) is 0 Å². The van der Waals surface area contributed by atoms with Crippen molar-refractivity contribution in [1.82, 2.24) is 4.98 Å². The van der Waals surface area contributed by atoms with Crippen LogP contribution in [0.1, 0.15) is 0 Å². The largest absolute Gasteiger partial charge is 0.363 e. The molecule has 78 valence electrons. The van der Waals surface area contributed by atoms with Crippen LogP contribution in [0.5, 0.6) is 0 Å². The van der Waals surface area contributed by atoms with Crippen molar-refractivity contribution < 1.29 is 0 Å². The molecule has 1 aromatic heterocycles. The van der Waals surface area contributed by atoms with Crippen LogP contribution in [0.3, 0.4) is 0 Å². The van der Waals surface area contributed by atoms with Crippen molar-refractivity contribution in [2.24, 2.45) is 0 Å². The number of halogens is 1. The van der Waals surface area contributed by atoms with Crippen LogP contribution in [0.4, 0.5) is 5.82 Å². The van der Waals surface area contributed by atoms with Crippen molar-refractivity contribution in [2.75, 3.05) is 19.0 Å². The molecular formula is C10H17ClN2Si. The number of pyridine rings is 1. The van der Waals surface area contributed by atoms with Gasteiger partial charge in [0.25, 0.3) is 0 Å². The van der Waals surface area contributed by atoms with Gasteiger partial charge >= 0.3 is 0 Å². The minimum absolute atomic E-state index is 0.662. The fourth-order valence-corrected chi connectivity index (χ4v) is 3.49. The molecule has 14 heavy (non-hydrogen) atoms. The summed E-state index contributed by atoms with van der Waals surface area (Å²) in [5.74, 6) is 0.914. The lowest BCUT2D eigenvalue weighted by Crippen LogP contribution is -2.39. The molecule has 1 aromatic rings. The van der Waals surface area contributed by atoms with E-state index in [0.29, 0.717) is 5.15 Å². The van der Waals surface area contributed by atoms with Gasteiger partial charge in [-0.15, -0.1) is 0 Å². The van der Waals surface area contributed by atoms with Gasteiger partial charge in [-0.3, -0.25) is 0 Å². The zero-order valence-electron chi connectivity index (χ0n) is 9.43. The second-order valence-electron chi connectivity index (χ2n) is 4.65. The molecule has 0 bridgehead atoms. The molecule has 4 heteroatoms. The highest BCUT2D eigenvalue weighted by atomic mass is 35.5. The lowest BCUT2D eigenvalue weighted by molar-refractivity contribution is 1.07. The third kappa shape index (κ3) is 2.48. The molecule has 0 aromatic carbocycles. The number of hydrogen-bond donors (Lipinski definition) is 0. The Morgan fingerprint density at radius 1 is 1.21 bits per heavy atom. The summed E-state index contributed by atoms with van der Waals surface area (Å²) in [5.41, 5.74) is 0. The molecule has 0 radical (unpaired) electrons. The maximum atomic E-state index is 6.16. The number of aromatic nitrogens is 1. The van der Waals surface area contributed by atoms with E-state index in [-0.39, 0.29) is 0 Å². The quantitative estimate of drug-likeness (QED) is 0.571. The van der Waals surface area contributed by atoms with Gasteiger partial charge in [-0.05, 0) is 11.3 Å². The molecule has 0 saturated carbocycles. The van der Waals surface area contributed by atoms with Crippen molar-refractivity contribution in [1.29, 1.82) is 0 Å². The molecule has 0 N–H and O–H groups in total. The van der Waals surface area contributed by atoms with Gasteiger partial charge in [0.15, 0.2) is 0 Å². The molecule has 1 rings (SSSR count). The molecule has 0 aliphatic heterocycles. The van der Waals surface area contributed by atoms with E-state index in [1.165, 1.54) is 5.19 Å². The Bertz CT molecular complexity index is 331. The van der Waals surface area contributed by atoms with Gasteiger partial charge in [0.05, 0.1) is 8.07 Å². The van der Waals surface area contributed by atoms with E-state index < -0.39 is 8.07 Å². The van der Waals surface area contributed by atoms with Crippen LogP contribution in [0, 0.1) is 0 Å². The smallest absolute Gasteiger partial charge is 0.130 e. The summed E-state index contributed by atoms with van der Waals surface area (Å²) in [7, 11) is 2.58. The Balaban J connectivity index is 3.15. The Labute approximate surface area is 91.9 Å². The molecule has 0 aliphatic carbocycles. The molecule has 0 unspecified atom stereocenters. The molecule has 0 saturated heterocycles. The maximum absolute atomic E-state index is 6.16. The SMILES string of the molecule is CN(C)c1ccc([Si](C)(C)C)c(Cl)n1. The van der Waals surface area contributed by atoms with Crippen LogP contribution >= 0.6 is 11.6 Å². The van der Waals surface area contributed by atoms with Crippen molar-refractivity contribution in [3.63, 3.8) is 0 Å². The summed E-state index contributed by atoms with van der Waals surface area (Å²) in [5, 5.41) is 1.89. The monoisotopic (exact) mass is 228 g/mol. The lowest BCUT2D eigenvalue weighted by atomic mass is 10.4. The Kier molecular flexibility index (Phi) is 3.22. The molecule has 0 atom stereocenters. The van der Waals surface area contributed by atoms with E-state index in [4.69, 9.17) is 11.6 Å². The van der Waals surface area contributed by atoms with Crippen LogP contribution < -0.4 is 10.1 Å². The van der Waals surface area contributed by atoms with E-state index in [1.807, 2.05) is 25.1 Å². The summed E-state index contributed by atoms with van der Waals surface area (Å²) in [4.78, 5) is 6.32. The van der Waals surface area contributed by atoms with Crippen molar-refractivity contribution in [2.45, 2.75) is 19.6 Å². The van der Waals surface area contributed by atoms with Gasteiger partial charge in [0.2, 0.25) is 0 Å². The average Bonchev–Trinajstić information content (AvgIpc) is 2.01.